The van der Waals surface area contributed by atoms with Gasteiger partial charge in [-0.15, -0.1) is 0 Å². The van der Waals surface area contributed by atoms with Crippen molar-refractivity contribution in [3.05, 3.63) is 47.2 Å². The molecule has 2 rings (SSSR count). The number of hydrogen-bond donors (Lipinski definition) is 3. The lowest BCUT2D eigenvalue weighted by Gasteiger charge is -2.05. The summed E-state index contributed by atoms with van der Waals surface area (Å²) < 4.78 is 5.08. The van der Waals surface area contributed by atoms with Gasteiger partial charge >= 0.3 is 12.0 Å². The maximum absolute atomic E-state index is 11.7. The van der Waals surface area contributed by atoms with Gasteiger partial charge in [0.2, 0.25) is 0 Å². The van der Waals surface area contributed by atoms with Gasteiger partial charge < -0.3 is 14.9 Å². The van der Waals surface area contributed by atoms with Crippen LogP contribution in [-0.4, -0.2) is 22.3 Å². The van der Waals surface area contributed by atoms with E-state index in [1.807, 2.05) is 13.8 Å². The van der Waals surface area contributed by atoms with Crippen LogP contribution in [0.2, 0.25) is 0 Å². The highest BCUT2D eigenvalue weighted by molar-refractivity contribution is 5.88. The molecule has 1 aromatic carbocycles. The summed E-state index contributed by atoms with van der Waals surface area (Å²) in [5.74, 6) is 0.255. The third kappa shape index (κ3) is 4.08. The molecule has 0 spiro atoms. The molecule has 116 valence electrons. The third-order valence-corrected chi connectivity index (χ3v) is 2.99. The van der Waals surface area contributed by atoms with E-state index in [4.69, 9.17) is 9.63 Å². The molecule has 2 amide bonds. The van der Waals surface area contributed by atoms with Crippen molar-refractivity contribution in [2.45, 2.75) is 26.3 Å². The van der Waals surface area contributed by atoms with Crippen molar-refractivity contribution < 1.29 is 19.2 Å². The number of carbonyl (C=O) groups excluding carboxylic acids is 1. The van der Waals surface area contributed by atoms with E-state index in [-0.39, 0.29) is 18.0 Å². The number of aromatic carboxylic acids is 1. The molecule has 7 nitrogen and oxygen atoms in total. The lowest BCUT2D eigenvalue weighted by atomic mass is 10.1. The molecule has 0 radical (unpaired) electrons. The molecule has 0 bridgehead atoms. The Morgan fingerprint density at radius 2 is 1.95 bits per heavy atom. The fraction of sp³-hybridized carbons (Fsp3) is 0.267. The molecule has 0 unspecified atom stereocenters. The zero-order valence-corrected chi connectivity index (χ0v) is 12.3. The highest BCUT2D eigenvalue weighted by atomic mass is 16.5. The number of carboxylic acids is 1. The van der Waals surface area contributed by atoms with Crippen molar-refractivity contribution in [2.75, 3.05) is 5.32 Å². The lowest BCUT2D eigenvalue weighted by Crippen LogP contribution is -2.28. The second-order valence-corrected chi connectivity index (χ2v) is 5.08. The van der Waals surface area contributed by atoms with E-state index in [2.05, 4.69) is 15.8 Å². The van der Waals surface area contributed by atoms with Crippen LogP contribution in [0, 0.1) is 0 Å². The SMILES string of the molecule is CC(C)c1cc(NC(=O)NCc2ccc(C(=O)O)cc2)no1. The summed E-state index contributed by atoms with van der Waals surface area (Å²) in [6.07, 6.45) is 0. The zero-order chi connectivity index (χ0) is 16.1. The number of benzene rings is 1. The quantitative estimate of drug-likeness (QED) is 0.787. The van der Waals surface area contributed by atoms with Crippen LogP contribution in [0.25, 0.3) is 0 Å². The summed E-state index contributed by atoms with van der Waals surface area (Å²) in [6, 6.07) is 7.54. The van der Waals surface area contributed by atoms with Gasteiger partial charge in [-0.25, -0.2) is 9.59 Å². The van der Waals surface area contributed by atoms with Gasteiger partial charge in [-0.3, -0.25) is 5.32 Å². The molecule has 0 aliphatic heterocycles. The third-order valence-electron chi connectivity index (χ3n) is 2.99. The predicted octanol–water partition coefficient (Wildman–Crippen LogP) is 2.82. The molecule has 22 heavy (non-hydrogen) atoms. The van der Waals surface area contributed by atoms with E-state index in [0.717, 1.165) is 5.56 Å². The van der Waals surface area contributed by atoms with Crippen LogP contribution in [0.3, 0.4) is 0 Å². The molecule has 0 fully saturated rings. The Balaban J connectivity index is 1.85. The van der Waals surface area contributed by atoms with E-state index in [1.165, 1.54) is 12.1 Å². The number of rotatable bonds is 5. The predicted molar refractivity (Wildman–Crippen MR) is 79.9 cm³/mol. The second-order valence-electron chi connectivity index (χ2n) is 5.08. The van der Waals surface area contributed by atoms with Gasteiger partial charge in [-0.05, 0) is 17.7 Å². The number of amides is 2. The summed E-state index contributed by atoms with van der Waals surface area (Å²) in [5.41, 5.74) is 1.00. The van der Waals surface area contributed by atoms with Crippen LogP contribution in [0.15, 0.2) is 34.9 Å². The maximum atomic E-state index is 11.7. The van der Waals surface area contributed by atoms with Crippen molar-refractivity contribution >= 4 is 17.8 Å². The van der Waals surface area contributed by atoms with Gasteiger partial charge in [0.05, 0.1) is 5.56 Å². The molecule has 1 aromatic heterocycles. The minimum atomic E-state index is -0.982. The Morgan fingerprint density at radius 3 is 2.50 bits per heavy atom. The first kappa shape index (κ1) is 15.6. The number of aromatic nitrogens is 1. The van der Waals surface area contributed by atoms with E-state index in [0.29, 0.717) is 11.6 Å². The van der Waals surface area contributed by atoms with E-state index in [9.17, 15) is 9.59 Å². The first-order chi connectivity index (χ1) is 10.5. The van der Waals surface area contributed by atoms with Gasteiger partial charge in [-0.2, -0.15) is 0 Å². The monoisotopic (exact) mass is 303 g/mol. The number of urea groups is 1. The minimum Gasteiger partial charge on any atom is -0.478 e. The summed E-state index contributed by atoms with van der Waals surface area (Å²) in [7, 11) is 0. The number of carboxylic acid groups (broad SMARTS) is 1. The van der Waals surface area contributed by atoms with Crippen molar-refractivity contribution in [1.82, 2.24) is 10.5 Å². The molecule has 0 saturated heterocycles. The number of nitrogens with one attached hydrogen (secondary N) is 2. The summed E-state index contributed by atoms with van der Waals surface area (Å²) >= 11 is 0. The van der Waals surface area contributed by atoms with Crippen LogP contribution < -0.4 is 10.6 Å². The van der Waals surface area contributed by atoms with Gasteiger partial charge in [0.15, 0.2) is 5.82 Å². The highest BCUT2D eigenvalue weighted by Gasteiger charge is 2.10. The first-order valence-corrected chi connectivity index (χ1v) is 6.79. The van der Waals surface area contributed by atoms with Gasteiger partial charge in [0.1, 0.15) is 5.76 Å². The van der Waals surface area contributed by atoms with E-state index < -0.39 is 12.0 Å². The molecule has 1 heterocycles. The topological polar surface area (TPSA) is 104 Å². The van der Waals surface area contributed by atoms with Gasteiger partial charge in [0, 0.05) is 18.5 Å². The minimum absolute atomic E-state index is 0.193. The smallest absolute Gasteiger partial charge is 0.335 e. The maximum Gasteiger partial charge on any atom is 0.335 e. The summed E-state index contributed by atoms with van der Waals surface area (Å²) in [6.45, 7) is 4.21. The lowest BCUT2D eigenvalue weighted by molar-refractivity contribution is 0.0697. The standard InChI is InChI=1S/C15H17N3O4/c1-9(2)12-7-13(18-22-12)17-15(21)16-8-10-3-5-11(6-4-10)14(19)20/h3-7,9H,8H2,1-2H3,(H,19,20)(H2,16,17,18,21). The largest absolute Gasteiger partial charge is 0.478 e. The Hall–Kier alpha value is -2.83. The van der Waals surface area contributed by atoms with Crippen LogP contribution in [0.1, 0.15) is 41.4 Å². The molecule has 3 N–H and O–H groups in total. The average Bonchev–Trinajstić information content (AvgIpc) is 2.94. The molecular weight excluding hydrogens is 286 g/mol. The van der Waals surface area contributed by atoms with Gasteiger partial charge in [0.25, 0.3) is 0 Å². The normalized spacial score (nSPS) is 10.5. The van der Waals surface area contributed by atoms with Crippen LogP contribution >= 0.6 is 0 Å². The molecule has 0 atom stereocenters. The zero-order valence-electron chi connectivity index (χ0n) is 12.3. The second kappa shape index (κ2) is 6.75. The van der Waals surface area contributed by atoms with Crippen molar-refractivity contribution in [2.24, 2.45) is 0 Å². The Kier molecular flexibility index (Phi) is 4.77. The summed E-state index contributed by atoms with van der Waals surface area (Å²) in [5, 5.41) is 17.8. The molecule has 0 aliphatic carbocycles. The number of anilines is 1. The Bertz CT molecular complexity index is 662. The Morgan fingerprint density at radius 1 is 1.27 bits per heavy atom. The van der Waals surface area contributed by atoms with Crippen molar-refractivity contribution in [1.29, 1.82) is 0 Å². The van der Waals surface area contributed by atoms with E-state index >= 15 is 0 Å². The molecule has 0 aliphatic rings. The number of hydrogen-bond acceptors (Lipinski definition) is 4. The first-order valence-electron chi connectivity index (χ1n) is 6.79. The molecular formula is C15H17N3O4. The van der Waals surface area contributed by atoms with Crippen molar-refractivity contribution in [3.63, 3.8) is 0 Å². The van der Waals surface area contributed by atoms with Crippen molar-refractivity contribution in [3.8, 4) is 0 Å². The molecule has 2 aromatic rings. The van der Waals surface area contributed by atoms with Gasteiger partial charge in [-0.1, -0.05) is 31.1 Å². The number of carbonyl (C=O) groups is 2. The fourth-order valence-corrected chi connectivity index (χ4v) is 1.73. The Labute approximate surface area is 127 Å². The molecule has 0 saturated carbocycles. The van der Waals surface area contributed by atoms with Crippen LogP contribution in [-0.2, 0) is 6.54 Å². The van der Waals surface area contributed by atoms with Crippen LogP contribution in [0.5, 0.6) is 0 Å². The van der Waals surface area contributed by atoms with Crippen LogP contribution in [0.4, 0.5) is 10.6 Å². The molecule has 7 heteroatoms. The highest BCUT2D eigenvalue weighted by Crippen LogP contribution is 2.17. The number of nitrogens with zero attached hydrogens (tertiary/aromatic N) is 1. The van der Waals surface area contributed by atoms with E-state index in [1.54, 1.807) is 18.2 Å². The fourth-order valence-electron chi connectivity index (χ4n) is 1.73. The average molecular weight is 303 g/mol. The summed E-state index contributed by atoms with van der Waals surface area (Å²) in [4.78, 5) is 22.5.